The van der Waals surface area contributed by atoms with Gasteiger partial charge in [0.05, 0.1) is 11.1 Å². The molecule has 6 heteroatoms. The zero-order valence-electron chi connectivity index (χ0n) is 8.49. The van der Waals surface area contributed by atoms with Gasteiger partial charge in [-0.05, 0) is 34.5 Å². The predicted octanol–water partition coefficient (Wildman–Crippen LogP) is 4.15. The average Bonchev–Trinajstić information content (AvgIpc) is 2.77. The third kappa shape index (κ3) is 2.77. The number of hydrogen-bond acceptors (Lipinski definition) is 2. The maximum atomic E-state index is 13.5. The Balaban J connectivity index is 0.00000144. The molecule has 0 bridgehead atoms. The molecule has 0 saturated heterocycles. The van der Waals surface area contributed by atoms with Crippen molar-refractivity contribution in [3.05, 3.63) is 56.7 Å². The highest BCUT2D eigenvalue weighted by molar-refractivity contribution is 7.08. The van der Waals surface area contributed by atoms with Gasteiger partial charge in [0.15, 0.2) is 0 Å². The first-order valence-electron chi connectivity index (χ1n) is 4.52. The molecule has 0 aliphatic carbocycles. The van der Waals surface area contributed by atoms with Gasteiger partial charge in [0.25, 0.3) is 0 Å². The van der Waals surface area contributed by atoms with E-state index in [-0.39, 0.29) is 23.0 Å². The van der Waals surface area contributed by atoms with Crippen molar-refractivity contribution in [1.82, 2.24) is 0 Å². The Kier molecular flexibility index (Phi) is 4.89. The maximum Gasteiger partial charge on any atom is 0.142 e. The summed E-state index contributed by atoms with van der Waals surface area (Å²) in [6, 6.07) is 3.04. The van der Waals surface area contributed by atoms with Gasteiger partial charge in [0, 0.05) is 5.56 Å². The molecule has 17 heavy (non-hydrogen) atoms. The highest BCUT2D eigenvalue weighted by Crippen LogP contribution is 2.31. The van der Waals surface area contributed by atoms with Gasteiger partial charge >= 0.3 is 0 Å². The minimum atomic E-state index is -0.741. The zero-order chi connectivity index (χ0) is 11.7. The Morgan fingerprint density at radius 2 is 1.82 bits per heavy atom. The van der Waals surface area contributed by atoms with Crippen molar-refractivity contribution in [2.24, 2.45) is 5.73 Å². The zero-order valence-corrected chi connectivity index (χ0v) is 10.9. The monoisotopic (exact) mass is 295 g/mol. The van der Waals surface area contributed by atoms with Crippen LogP contribution in [0.4, 0.5) is 8.78 Å². The quantitative estimate of drug-likeness (QED) is 0.828. The topological polar surface area (TPSA) is 26.0 Å². The van der Waals surface area contributed by atoms with Crippen molar-refractivity contribution >= 4 is 35.3 Å². The van der Waals surface area contributed by atoms with Gasteiger partial charge in [-0.25, -0.2) is 8.78 Å². The Labute approximate surface area is 113 Å². The minimum Gasteiger partial charge on any atom is -0.320 e. The van der Waals surface area contributed by atoms with E-state index in [0.717, 1.165) is 17.7 Å². The van der Waals surface area contributed by atoms with E-state index in [2.05, 4.69) is 0 Å². The molecule has 2 aromatic rings. The van der Waals surface area contributed by atoms with Crippen LogP contribution in [0.5, 0.6) is 0 Å². The van der Waals surface area contributed by atoms with Gasteiger partial charge in [-0.2, -0.15) is 11.3 Å². The van der Waals surface area contributed by atoms with Crippen LogP contribution in [0.1, 0.15) is 17.2 Å². The normalized spacial score (nSPS) is 12.0. The molecular formula is C11H9Cl2F2NS. The van der Waals surface area contributed by atoms with Crippen molar-refractivity contribution in [2.75, 3.05) is 0 Å². The minimum absolute atomic E-state index is 0. The molecule has 0 radical (unpaired) electrons. The van der Waals surface area contributed by atoms with Crippen LogP contribution in [0, 0.1) is 11.6 Å². The second-order valence-electron chi connectivity index (χ2n) is 3.29. The SMILES string of the molecule is Cl.N[C@H](c1ccsc1)c1c(F)ccc(F)c1Cl. The fraction of sp³-hybridized carbons (Fsp3) is 0.0909. The van der Waals surface area contributed by atoms with Gasteiger partial charge in [-0.1, -0.05) is 11.6 Å². The van der Waals surface area contributed by atoms with Crippen LogP contribution in [0.15, 0.2) is 29.0 Å². The molecule has 1 nitrogen and oxygen atoms in total. The molecule has 1 heterocycles. The Morgan fingerprint density at radius 3 is 2.41 bits per heavy atom. The van der Waals surface area contributed by atoms with Crippen LogP contribution in [-0.4, -0.2) is 0 Å². The smallest absolute Gasteiger partial charge is 0.142 e. The molecule has 0 spiro atoms. The summed E-state index contributed by atoms with van der Waals surface area (Å²) >= 11 is 7.16. The third-order valence-electron chi connectivity index (χ3n) is 2.29. The van der Waals surface area contributed by atoms with Crippen LogP contribution in [0.25, 0.3) is 0 Å². The van der Waals surface area contributed by atoms with Crippen LogP contribution >= 0.6 is 35.3 Å². The van der Waals surface area contributed by atoms with E-state index >= 15 is 0 Å². The Hall–Kier alpha value is -0.680. The fourth-order valence-electron chi connectivity index (χ4n) is 1.45. The standard InChI is InChI=1S/C11H8ClF2NS.ClH/c12-10-8(14)2-1-7(13)9(10)11(15)6-3-4-16-5-6;/h1-5,11H,15H2;1H/t11-;/m1./s1. The second-order valence-corrected chi connectivity index (χ2v) is 4.45. The predicted molar refractivity (Wildman–Crippen MR) is 69.0 cm³/mol. The number of nitrogens with two attached hydrogens (primary N) is 1. The van der Waals surface area contributed by atoms with Crippen molar-refractivity contribution < 1.29 is 8.78 Å². The summed E-state index contributed by atoms with van der Waals surface area (Å²) in [4.78, 5) is 0. The second kappa shape index (κ2) is 5.78. The molecule has 0 aliphatic heterocycles. The van der Waals surface area contributed by atoms with Gasteiger partial charge in [0.1, 0.15) is 11.6 Å². The number of benzene rings is 1. The number of halogens is 4. The fourth-order valence-corrected chi connectivity index (χ4v) is 2.41. The van der Waals surface area contributed by atoms with Crippen LogP contribution < -0.4 is 5.73 Å². The van der Waals surface area contributed by atoms with E-state index in [0.29, 0.717) is 0 Å². The van der Waals surface area contributed by atoms with Crippen molar-refractivity contribution in [3.8, 4) is 0 Å². The average molecular weight is 296 g/mol. The molecule has 0 fully saturated rings. The maximum absolute atomic E-state index is 13.5. The molecule has 0 saturated carbocycles. The lowest BCUT2D eigenvalue weighted by atomic mass is 10.0. The summed E-state index contributed by atoms with van der Waals surface area (Å²) in [7, 11) is 0. The molecule has 0 aliphatic rings. The molecule has 92 valence electrons. The largest absolute Gasteiger partial charge is 0.320 e. The third-order valence-corrected chi connectivity index (χ3v) is 3.38. The summed E-state index contributed by atoms with van der Waals surface area (Å²) < 4.78 is 26.8. The van der Waals surface area contributed by atoms with Crippen molar-refractivity contribution in [1.29, 1.82) is 0 Å². The molecule has 0 unspecified atom stereocenters. The number of rotatable bonds is 2. The first kappa shape index (κ1) is 14.4. The van der Waals surface area contributed by atoms with Crippen LogP contribution in [-0.2, 0) is 0 Å². The van der Waals surface area contributed by atoms with Gasteiger partial charge in [0.2, 0.25) is 0 Å². The lowest BCUT2D eigenvalue weighted by Crippen LogP contribution is -2.14. The van der Waals surface area contributed by atoms with E-state index < -0.39 is 17.7 Å². The van der Waals surface area contributed by atoms with Gasteiger partial charge in [-0.3, -0.25) is 0 Å². The summed E-state index contributed by atoms with van der Waals surface area (Å²) in [6.07, 6.45) is 0. The van der Waals surface area contributed by atoms with Crippen LogP contribution in [0.2, 0.25) is 5.02 Å². The Morgan fingerprint density at radius 1 is 1.18 bits per heavy atom. The summed E-state index contributed by atoms with van der Waals surface area (Å²) in [5.41, 5.74) is 6.57. The highest BCUT2D eigenvalue weighted by atomic mass is 35.5. The molecule has 1 aromatic carbocycles. The molecule has 1 atom stereocenters. The molecule has 1 aromatic heterocycles. The van der Waals surface area contributed by atoms with E-state index in [9.17, 15) is 8.78 Å². The van der Waals surface area contributed by atoms with E-state index in [4.69, 9.17) is 17.3 Å². The summed E-state index contributed by atoms with van der Waals surface area (Å²) in [6.45, 7) is 0. The summed E-state index contributed by atoms with van der Waals surface area (Å²) in [5.74, 6) is -1.26. The van der Waals surface area contributed by atoms with Crippen LogP contribution in [0.3, 0.4) is 0 Å². The summed E-state index contributed by atoms with van der Waals surface area (Å²) in [5, 5.41) is 3.35. The highest BCUT2D eigenvalue weighted by Gasteiger charge is 2.20. The van der Waals surface area contributed by atoms with E-state index in [1.54, 1.807) is 11.4 Å². The van der Waals surface area contributed by atoms with Crippen molar-refractivity contribution in [2.45, 2.75) is 6.04 Å². The van der Waals surface area contributed by atoms with Crippen molar-refractivity contribution in [3.63, 3.8) is 0 Å². The van der Waals surface area contributed by atoms with E-state index in [1.807, 2.05) is 5.38 Å². The van der Waals surface area contributed by atoms with E-state index in [1.165, 1.54) is 11.3 Å². The lowest BCUT2D eigenvalue weighted by Gasteiger charge is -2.13. The molecule has 2 rings (SSSR count). The molecular weight excluding hydrogens is 287 g/mol. The Bertz CT molecular complexity index is 502. The lowest BCUT2D eigenvalue weighted by molar-refractivity contribution is 0.577. The first-order valence-corrected chi connectivity index (χ1v) is 5.84. The van der Waals surface area contributed by atoms with Gasteiger partial charge in [-0.15, -0.1) is 12.4 Å². The molecule has 2 N–H and O–H groups in total. The molecule has 0 amide bonds. The number of thiophene rings is 1. The van der Waals surface area contributed by atoms with Gasteiger partial charge < -0.3 is 5.73 Å². The first-order chi connectivity index (χ1) is 7.61. The number of hydrogen-bond donors (Lipinski definition) is 1.